The first-order chi connectivity index (χ1) is 8.47. The lowest BCUT2D eigenvalue weighted by atomic mass is 10.0. The third-order valence-electron chi connectivity index (χ3n) is 3.12. The van der Waals surface area contributed by atoms with Crippen LogP contribution >= 0.6 is 15.9 Å². The van der Waals surface area contributed by atoms with Crippen LogP contribution in [0.25, 0.3) is 0 Å². The zero-order chi connectivity index (χ0) is 13.3. The van der Waals surface area contributed by atoms with Crippen LogP contribution in [0.5, 0.6) is 0 Å². The first-order valence-corrected chi connectivity index (χ1v) is 6.74. The van der Waals surface area contributed by atoms with Gasteiger partial charge in [0.25, 0.3) is 0 Å². The molecule has 0 atom stereocenters. The molecule has 2 nitrogen and oxygen atoms in total. The fraction of sp³-hybridized carbons (Fsp3) is 0.267. The number of pyridine rings is 1. The third kappa shape index (κ3) is 2.72. The van der Waals surface area contributed by atoms with E-state index in [4.69, 9.17) is 0 Å². The fourth-order valence-corrected chi connectivity index (χ4v) is 2.07. The summed E-state index contributed by atoms with van der Waals surface area (Å²) in [5.74, 6) is 0.877. The lowest BCUT2D eigenvalue weighted by Crippen LogP contribution is -1.98. The maximum Gasteiger partial charge on any atom is 0.130 e. The second-order valence-corrected chi connectivity index (χ2v) is 5.49. The summed E-state index contributed by atoms with van der Waals surface area (Å²) in [6.07, 6.45) is 0. The highest BCUT2D eigenvalue weighted by molar-refractivity contribution is 9.10. The van der Waals surface area contributed by atoms with Crippen molar-refractivity contribution in [1.29, 1.82) is 0 Å². The van der Waals surface area contributed by atoms with E-state index in [1.165, 1.54) is 16.7 Å². The van der Waals surface area contributed by atoms with Gasteiger partial charge in [0.2, 0.25) is 0 Å². The lowest BCUT2D eigenvalue weighted by Gasteiger charge is -2.12. The topological polar surface area (TPSA) is 24.9 Å². The first kappa shape index (κ1) is 13.1. The molecule has 3 heteroatoms. The summed E-state index contributed by atoms with van der Waals surface area (Å²) in [7, 11) is 0. The van der Waals surface area contributed by atoms with Gasteiger partial charge in [0.1, 0.15) is 5.82 Å². The summed E-state index contributed by atoms with van der Waals surface area (Å²) >= 11 is 3.46. The van der Waals surface area contributed by atoms with Crippen LogP contribution in [0.2, 0.25) is 0 Å². The molecule has 0 aliphatic carbocycles. The van der Waals surface area contributed by atoms with Gasteiger partial charge in [0.15, 0.2) is 0 Å². The Bertz CT molecular complexity index is 591. The quantitative estimate of drug-likeness (QED) is 0.860. The Labute approximate surface area is 117 Å². The molecule has 1 N–H and O–H groups in total. The molecule has 1 heterocycles. The van der Waals surface area contributed by atoms with E-state index in [-0.39, 0.29) is 0 Å². The molecular formula is C15H17BrN2. The van der Waals surface area contributed by atoms with Gasteiger partial charge in [-0.3, -0.25) is 0 Å². The maximum atomic E-state index is 4.50. The molecule has 0 radical (unpaired) electrons. The smallest absolute Gasteiger partial charge is 0.130 e. The van der Waals surface area contributed by atoms with E-state index in [1.807, 2.05) is 19.1 Å². The van der Waals surface area contributed by atoms with Crippen molar-refractivity contribution < 1.29 is 0 Å². The van der Waals surface area contributed by atoms with E-state index in [2.05, 4.69) is 59.1 Å². The Hall–Kier alpha value is -1.35. The van der Waals surface area contributed by atoms with Crippen molar-refractivity contribution in [1.82, 2.24) is 4.98 Å². The van der Waals surface area contributed by atoms with E-state index >= 15 is 0 Å². The average molecular weight is 305 g/mol. The normalized spacial score (nSPS) is 10.5. The molecule has 94 valence electrons. The highest BCUT2D eigenvalue weighted by Crippen LogP contribution is 2.24. The Morgan fingerprint density at radius 1 is 0.944 bits per heavy atom. The molecular weight excluding hydrogens is 288 g/mol. The van der Waals surface area contributed by atoms with Crippen LogP contribution in [0, 0.1) is 27.7 Å². The van der Waals surface area contributed by atoms with Gasteiger partial charge in [0, 0.05) is 10.2 Å². The molecule has 0 saturated carbocycles. The molecule has 0 aliphatic heterocycles. The first-order valence-electron chi connectivity index (χ1n) is 5.95. The van der Waals surface area contributed by atoms with Crippen LogP contribution in [0.3, 0.4) is 0 Å². The van der Waals surface area contributed by atoms with Gasteiger partial charge >= 0.3 is 0 Å². The number of anilines is 2. The van der Waals surface area contributed by atoms with Crippen LogP contribution in [0.1, 0.15) is 22.4 Å². The van der Waals surface area contributed by atoms with Crippen molar-refractivity contribution in [3.05, 3.63) is 51.1 Å². The number of aromatic nitrogens is 1. The van der Waals surface area contributed by atoms with Gasteiger partial charge < -0.3 is 5.32 Å². The summed E-state index contributed by atoms with van der Waals surface area (Å²) in [6.45, 7) is 8.36. The average Bonchev–Trinajstić information content (AvgIpc) is 2.31. The number of nitrogens with zero attached hydrogens (tertiary/aromatic N) is 1. The van der Waals surface area contributed by atoms with Gasteiger partial charge in [-0.05, 0) is 78.5 Å². The maximum absolute atomic E-state index is 4.50. The Kier molecular flexibility index (Phi) is 3.71. The van der Waals surface area contributed by atoms with Crippen molar-refractivity contribution in [2.45, 2.75) is 27.7 Å². The number of rotatable bonds is 2. The van der Waals surface area contributed by atoms with E-state index in [0.717, 1.165) is 21.7 Å². The van der Waals surface area contributed by atoms with Gasteiger partial charge in [0.05, 0.1) is 5.69 Å². The highest BCUT2D eigenvalue weighted by atomic mass is 79.9. The number of aryl methyl sites for hydroxylation is 4. The van der Waals surface area contributed by atoms with Gasteiger partial charge in [-0.2, -0.15) is 0 Å². The lowest BCUT2D eigenvalue weighted by molar-refractivity contribution is 1.17. The second-order valence-electron chi connectivity index (χ2n) is 4.64. The summed E-state index contributed by atoms with van der Waals surface area (Å²) in [5.41, 5.74) is 5.95. The molecule has 0 fully saturated rings. The monoisotopic (exact) mass is 304 g/mol. The largest absolute Gasteiger partial charge is 0.340 e. The van der Waals surface area contributed by atoms with Gasteiger partial charge in [-0.15, -0.1) is 0 Å². The Morgan fingerprint density at radius 2 is 1.61 bits per heavy atom. The van der Waals surface area contributed by atoms with Crippen LogP contribution < -0.4 is 5.32 Å². The minimum Gasteiger partial charge on any atom is -0.340 e. The third-order valence-corrected chi connectivity index (χ3v) is 3.96. The number of hydrogen-bond acceptors (Lipinski definition) is 2. The van der Waals surface area contributed by atoms with Crippen molar-refractivity contribution in [2.75, 3.05) is 5.32 Å². The standard InChI is InChI=1S/C15H17BrN2/c1-9-7-11(3)14(8-10(9)2)18-15-6-5-13(16)12(4)17-15/h5-8H,1-4H3,(H,17,18). The van der Waals surface area contributed by atoms with E-state index in [9.17, 15) is 0 Å². The minimum atomic E-state index is 0.877. The molecule has 1 aromatic heterocycles. The van der Waals surface area contributed by atoms with Gasteiger partial charge in [-0.25, -0.2) is 4.98 Å². The van der Waals surface area contributed by atoms with E-state index in [0.29, 0.717) is 0 Å². The Morgan fingerprint density at radius 3 is 2.28 bits per heavy atom. The number of hydrogen-bond donors (Lipinski definition) is 1. The highest BCUT2D eigenvalue weighted by Gasteiger charge is 2.04. The Balaban J connectivity index is 2.34. The van der Waals surface area contributed by atoms with Crippen molar-refractivity contribution in [2.24, 2.45) is 0 Å². The molecule has 0 amide bonds. The van der Waals surface area contributed by atoms with E-state index < -0.39 is 0 Å². The van der Waals surface area contributed by atoms with Gasteiger partial charge in [-0.1, -0.05) is 6.07 Å². The molecule has 0 spiro atoms. The molecule has 0 bridgehead atoms. The summed E-state index contributed by atoms with van der Waals surface area (Å²) in [5, 5.41) is 3.38. The van der Waals surface area contributed by atoms with E-state index in [1.54, 1.807) is 0 Å². The van der Waals surface area contributed by atoms with Crippen molar-refractivity contribution >= 4 is 27.4 Å². The van der Waals surface area contributed by atoms with Crippen LogP contribution in [0.15, 0.2) is 28.7 Å². The number of nitrogens with one attached hydrogen (secondary N) is 1. The minimum absolute atomic E-state index is 0.877. The predicted octanol–water partition coefficient (Wildman–Crippen LogP) is 4.82. The zero-order valence-electron chi connectivity index (χ0n) is 11.1. The predicted molar refractivity (Wildman–Crippen MR) is 80.6 cm³/mol. The number of halogens is 1. The van der Waals surface area contributed by atoms with Crippen molar-refractivity contribution in [3.63, 3.8) is 0 Å². The second kappa shape index (κ2) is 5.11. The number of benzene rings is 1. The van der Waals surface area contributed by atoms with Crippen LogP contribution in [-0.2, 0) is 0 Å². The van der Waals surface area contributed by atoms with Crippen LogP contribution in [-0.4, -0.2) is 4.98 Å². The molecule has 0 unspecified atom stereocenters. The SMILES string of the molecule is Cc1cc(C)c(Nc2ccc(Br)c(C)n2)cc1C. The summed E-state index contributed by atoms with van der Waals surface area (Å²) < 4.78 is 1.03. The molecule has 2 rings (SSSR count). The molecule has 1 aromatic carbocycles. The van der Waals surface area contributed by atoms with Crippen molar-refractivity contribution in [3.8, 4) is 0 Å². The summed E-state index contributed by atoms with van der Waals surface area (Å²) in [6, 6.07) is 8.36. The molecule has 2 aromatic rings. The fourth-order valence-electron chi connectivity index (χ4n) is 1.85. The zero-order valence-corrected chi connectivity index (χ0v) is 12.7. The van der Waals surface area contributed by atoms with Crippen LogP contribution in [0.4, 0.5) is 11.5 Å². The molecule has 0 saturated heterocycles. The molecule has 0 aliphatic rings. The summed E-state index contributed by atoms with van der Waals surface area (Å²) in [4.78, 5) is 4.50. The molecule has 18 heavy (non-hydrogen) atoms.